The van der Waals surface area contributed by atoms with Gasteiger partial charge in [0, 0.05) is 30.4 Å². The topological polar surface area (TPSA) is 114 Å². The Kier molecular flexibility index (Phi) is 4.98. The maximum Gasteiger partial charge on any atom is 0.231 e. The molecule has 9 nitrogen and oxygen atoms in total. The Bertz CT molecular complexity index is 1140. The molecule has 1 unspecified atom stereocenters. The first-order valence-electron chi connectivity index (χ1n) is 8.98. The lowest BCUT2D eigenvalue weighted by Crippen LogP contribution is -2.28. The molecular weight excluding hydrogens is 417 g/mol. The van der Waals surface area contributed by atoms with Gasteiger partial charge in [-0.05, 0) is 30.3 Å². The number of benzene rings is 2. The summed E-state index contributed by atoms with van der Waals surface area (Å²) in [6, 6.07) is 8.64. The molecule has 0 bridgehead atoms. The van der Waals surface area contributed by atoms with E-state index >= 15 is 0 Å². The summed E-state index contributed by atoms with van der Waals surface area (Å²) in [5.74, 6) is -0.918. The fraction of sp³-hybridized carbons (Fsp3) is 0.263. The van der Waals surface area contributed by atoms with E-state index in [1.807, 2.05) is 0 Å². The Morgan fingerprint density at radius 1 is 1.17 bits per heavy atom. The largest absolute Gasteiger partial charge is 0.454 e. The average molecular weight is 435 g/mol. The molecule has 0 spiro atoms. The second-order valence-corrected chi connectivity index (χ2v) is 8.75. The Morgan fingerprint density at radius 2 is 1.93 bits per heavy atom. The van der Waals surface area contributed by atoms with Crippen LogP contribution in [-0.4, -0.2) is 39.8 Å². The van der Waals surface area contributed by atoms with Crippen molar-refractivity contribution in [2.45, 2.75) is 6.42 Å². The van der Waals surface area contributed by atoms with E-state index in [4.69, 9.17) is 9.47 Å². The van der Waals surface area contributed by atoms with Crippen molar-refractivity contribution >= 4 is 38.9 Å². The molecule has 11 heteroatoms. The van der Waals surface area contributed by atoms with E-state index in [-0.39, 0.29) is 37.0 Å². The first-order chi connectivity index (χ1) is 14.2. The number of amides is 2. The lowest BCUT2D eigenvalue weighted by Gasteiger charge is -2.17. The molecule has 30 heavy (non-hydrogen) atoms. The van der Waals surface area contributed by atoms with Gasteiger partial charge < -0.3 is 19.7 Å². The van der Waals surface area contributed by atoms with Crippen molar-refractivity contribution in [3.05, 3.63) is 42.2 Å². The number of hydrogen-bond donors (Lipinski definition) is 2. The number of carbonyl (C=O) groups excluding carboxylic acids is 2. The van der Waals surface area contributed by atoms with E-state index in [9.17, 15) is 22.4 Å². The van der Waals surface area contributed by atoms with Crippen LogP contribution < -0.4 is 24.4 Å². The van der Waals surface area contributed by atoms with E-state index in [1.54, 1.807) is 18.2 Å². The molecule has 2 aromatic rings. The van der Waals surface area contributed by atoms with Crippen LogP contribution in [0.25, 0.3) is 0 Å². The van der Waals surface area contributed by atoms with Gasteiger partial charge in [-0.3, -0.25) is 14.3 Å². The van der Waals surface area contributed by atoms with Crippen molar-refractivity contribution in [3.8, 4) is 11.5 Å². The summed E-state index contributed by atoms with van der Waals surface area (Å²) in [6.07, 6.45) is 0.905. The Labute approximate surface area is 171 Å². The van der Waals surface area contributed by atoms with Crippen molar-refractivity contribution in [1.82, 2.24) is 0 Å². The highest BCUT2D eigenvalue weighted by atomic mass is 32.2. The summed E-state index contributed by atoms with van der Waals surface area (Å²) in [4.78, 5) is 26.6. The van der Waals surface area contributed by atoms with Crippen LogP contribution in [0.3, 0.4) is 0 Å². The van der Waals surface area contributed by atoms with Gasteiger partial charge in [0.1, 0.15) is 5.82 Å². The first kappa shape index (κ1) is 20.0. The maximum absolute atomic E-state index is 13.8. The number of rotatable bonds is 5. The molecule has 1 fully saturated rings. The van der Waals surface area contributed by atoms with E-state index in [2.05, 4.69) is 10.0 Å². The fourth-order valence-electron chi connectivity index (χ4n) is 3.31. The number of nitrogens with zero attached hydrogens (tertiary/aromatic N) is 1. The molecular formula is C19H18FN3O6S. The summed E-state index contributed by atoms with van der Waals surface area (Å²) in [7, 11) is -3.68. The summed E-state index contributed by atoms with van der Waals surface area (Å²) < 4.78 is 49.1. The Hall–Kier alpha value is -3.34. The van der Waals surface area contributed by atoms with Gasteiger partial charge in [-0.25, -0.2) is 12.8 Å². The minimum Gasteiger partial charge on any atom is -0.454 e. The van der Waals surface area contributed by atoms with Crippen LogP contribution >= 0.6 is 0 Å². The molecule has 0 aromatic heterocycles. The zero-order valence-corrected chi connectivity index (χ0v) is 16.7. The summed E-state index contributed by atoms with van der Waals surface area (Å²) in [5, 5.41) is 2.61. The molecule has 0 aliphatic carbocycles. The summed E-state index contributed by atoms with van der Waals surface area (Å²) in [6.45, 7) is 0.283. The molecule has 4 rings (SSSR count). The smallest absolute Gasteiger partial charge is 0.231 e. The van der Waals surface area contributed by atoms with Crippen molar-refractivity contribution in [2.24, 2.45) is 5.92 Å². The van der Waals surface area contributed by atoms with Gasteiger partial charge in [0.15, 0.2) is 11.5 Å². The van der Waals surface area contributed by atoms with Crippen LogP contribution in [0.15, 0.2) is 36.4 Å². The number of nitrogens with one attached hydrogen (secondary N) is 2. The van der Waals surface area contributed by atoms with Crippen LogP contribution in [0.2, 0.25) is 0 Å². The lowest BCUT2D eigenvalue weighted by molar-refractivity contribution is -0.122. The predicted molar refractivity (Wildman–Crippen MR) is 107 cm³/mol. The molecule has 2 N–H and O–H groups in total. The highest BCUT2D eigenvalue weighted by Crippen LogP contribution is 2.37. The van der Waals surface area contributed by atoms with Gasteiger partial charge in [0.2, 0.25) is 28.6 Å². The second-order valence-electron chi connectivity index (χ2n) is 7.00. The zero-order chi connectivity index (χ0) is 21.5. The molecule has 158 valence electrons. The highest BCUT2D eigenvalue weighted by molar-refractivity contribution is 7.92. The standard InChI is InChI=1S/C19H18FN3O6S/c1-30(26,27)22-15-7-12(2-4-14(15)20)21-19(25)11-6-18(24)23(9-11)13-3-5-16-17(8-13)29-10-28-16/h2-5,7-8,11,22H,6,9-10H2,1H3,(H,21,25). The van der Waals surface area contributed by atoms with Crippen LogP contribution in [0.5, 0.6) is 11.5 Å². The molecule has 1 saturated heterocycles. The van der Waals surface area contributed by atoms with Crippen LogP contribution in [0.1, 0.15) is 6.42 Å². The minimum atomic E-state index is -3.68. The van der Waals surface area contributed by atoms with Crippen LogP contribution in [0, 0.1) is 11.7 Å². The third-order valence-electron chi connectivity index (χ3n) is 4.69. The van der Waals surface area contributed by atoms with E-state index in [1.165, 1.54) is 17.0 Å². The second kappa shape index (κ2) is 7.48. The SMILES string of the molecule is CS(=O)(=O)Nc1cc(NC(=O)C2CC(=O)N(c3ccc4c(c3)OCO4)C2)ccc1F. The molecule has 2 aromatic carbocycles. The monoisotopic (exact) mass is 435 g/mol. The average Bonchev–Trinajstić information content (AvgIpc) is 3.29. The number of carbonyl (C=O) groups is 2. The molecule has 2 aliphatic rings. The van der Waals surface area contributed by atoms with E-state index < -0.39 is 27.7 Å². The summed E-state index contributed by atoms with van der Waals surface area (Å²) >= 11 is 0. The molecule has 0 radical (unpaired) electrons. The molecule has 0 saturated carbocycles. The number of fused-ring (bicyclic) bond motifs is 1. The molecule has 2 aliphatic heterocycles. The number of hydrogen-bond acceptors (Lipinski definition) is 6. The number of halogens is 1. The van der Waals surface area contributed by atoms with Crippen molar-refractivity contribution in [1.29, 1.82) is 0 Å². The highest BCUT2D eigenvalue weighted by Gasteiger charge is 2.35. The van der Waals surface area contributed by atoms with Gasteiger partial charge >= 0.3 is 0 Å². The fourth-order valence-corrected chi connectivity index (χ4v) is 3.87. The predicted octanol–water partition coefficient (Wildman–Crippen LogP) is 1.92. The van der Waals surface area contributed by atoms with Crippen molar-refractivity contribution < 1.29 is 31.9 Å². The Morgan fingerprint density at radius 3 is 2.70 bits per heavy atom. The van der Waals surface area contributed by atoms with E-state index in [0.29, 0.717) is 17.2 Å². The third kappa shape index (κ3) is 4.15. The van der Waals surface area contributed by atoms with Crippen LogP contribution in [0.4, 0.5) is 21.5 Å². The molecule has 1 atom stereocenters. The maximum atomic E-state index is 13.8. The first-order valence-corrected chi connectivity index (χ1v) is 10.9. The molecule has 2 heterocycles. The van der Waals surface area contributed by atoms with Gasteiger partial charge in [0.05, 0.1) is 17.9 Å². The lowest BCUT2D eigenvalue weighted by atomic mass is 10.1. The quantitative estimate of drug-likeness (QED) is 0.742. The van der Waals surface area contributed by atoms with Gasteiger partial charge in [-0.15, -0.1) is 0 Å². The minimum absolute atomic E-state index is 0.00984. The number of anilines is 3. The van der Waals surface area contributed by atoms with Gasteiger partial charge in [-0.2, -0.15) is 0 Å². The van der Waals surface area contributed by atoms with Gasteiger partial charge in [0.25, 0.3) is 0 Å². The number of ether oxygens (including phenoxy) is 2. The van der Waals surface area contributed by atoms with E-state index in [0.717, 1.165) is 12.3 Å². The summed E-state index contributed by atoms with van der Waals surface area (Å²) in [5.41, 5.74) is 0.530. The van der Waals surface area contributed by atoms with Crippen LogP contribution in [-0.2, 0) is 19.6 Å². The Balaban J connectivity index is 1.46. The van der Waals surface area contributed by atoms with Crippen molar-refractivity contribution in [2.75, 3.05) is 34.5 Å². The molecule has 2 amide bonds. The normalized spacial score (nSPS) is 17.9. The number of sulfonamides is 1. The van der Waals surface area contributed by atoms with Gasteiger partial charge in [-0.1, -0.05) is 0 Å². The zero-order valence-electron chi connectivity index (χ0n) is 15.8. The third-order valence-corrected chi connectivity index (χ3v) is 5.28. The van der Waals surface area contributed by atoms with Crippen molar-refractivity contribution in [3.63, 3.8) is 0 Å².